The highest BCUT2D eigenvalue weighted by Crippen LogP contribution is 2.52. The van der Waals surface area contributed by atoms with Crippen molar-refractivity contribution in [2.75, 3.05) is 13.1 Å². The molecule has 1 aromatic rings. The number of hydrogen-bond donors (Lipinski definition) is 1. The fourth-order valence-electron chi connectivity index (χ4n) is 3.51. The normalized spacial score (nSPS) is 27.9. The molecule has 0 aromatic carbocycles. The molecule has 1 fully saturated rings. The number of likely N-dealkylation sites (tertiary alicyclic amines) is 1. The SMILES string of the molecule is CC(C)N1CCC2(CC1)Cc1ccsc1[C@@H]2N. The minimum atomic E-state index is 0.298. The van der Waals surface area contributed by atoms with E-state index in [0.29, 0.717) is 17.5 Å². The Morgan fingerprint density at radius 1 is 1.41 bits per heavy atom. The highest BCUT2D eigenvalue weighted by molar-refractivity contribution is 7.10. The van der Waals surface area contributed by atoms with Gasteiger partial charge in [0.2, 0.25) is 0 Å². The first kappa shape index (κ1) is 11.7. The van der Waals surface area contributed by atoms with Gasteiger partial charge in [0.15, 0.2) is 0 Å². The molecule has 0 radical (unpaired) electrons. The molecule has 1 aliphatic heterocycles. The van der Waals surface area contributed by atoms with E-state index in [2.05, 4.69) is 30.2 Å². The molecule has 2 aliphatic rings. The summed E-state index contributed by atoms with van der Waals surface area (Å²) >= 11 is 1.86. The molecule has 94 valence electrons. The Morgan fingerprint density at radius 2 is 2.12 bits per heavy atom. The van der Waals surface area contributed by atoms with Crippen LogP contribution in [0.15, 0.2) is 11.4 Å². The number of nitrogens with two attached hydrogens (primary N) is 1. The van der Waals surface area contributed by atoms with Gasteiger partial charge in [0.05, 0.1) is 0 Å². The molecule has 1 atom stereocenters. The number of nitrogens with zero attached hydrogens (tertiary/aromatic N) is 1. The number of thiophene rings is 1. The van der Waals surface area contributed by atoms with Crippen molar-refractivity contribution in [1.82, 2.24) is 4.90 Å². The zero-order chi connectivity index (χ0) is 12.0. The van der Waals surface area contributed by atoms with E-state index in [4.69, 9.17) is 5.73 Å². The molecule has 2 heterocycles. The van der Waals surface area contributed by atoms with E-state index >= 15 is 0 Å². The van der Waals surface area contributed by atoms with Crippen molar-refractivity contribution in [1.29, 1.82) is 0 Å². The summed E-state index contributed by atoms with van der Waals surface area (Å²) in [4.78, 5) is 4.05. The lowest BCUT2D eigenvalue weighted by molar-refractivity contribution is 0.0715. The van der Waals surface area contributed by atoms with E-state index in [-0.39, 0.29) is 0 Å². The van der Waals surface area contributed by atoms with E-state index < -0.39 is 0 Å². The summed E-state index contributed by atoms with van der Waals surface area (Å²) in [6, 6.07) is 3.26. The average molecular weight is 250 g/mol. The van der Waals surface area contributed by atoms with E-state index in [1.54, 1.807) is 0 Å². The highest BCUT2D eigenvalue weighted by atomic mass is 32.1. The third kappa shape index (κ3) is 1.76. The molecule has 0 unspecified atom stereocenters. The molecule has 0 bridgehead atoms. The van der Waals surface area contributed by atoms with Gasteiger partial charge in [0, 0.05) is 17.0 Å². The predicted molar refractivity (Wildman–Crippen MR) is 73.3 cm³/mol. The van der Waals surface area contributed by atoms with Gasteiger partial charge >= 0.3 is 0 Å². The van der Waals surface area contributed by atoms with E-state index in [1.165, 1.54) is 42.8 Å². The molecule has 1 saturated heterocycles. The van der Waals surface area contributed by atoms with Gasteiger partial charge in [-0.05, 0) is 68.6 Å². The van der Waals surface area contributed by atoms with Crippen LogP contribution in [0.2, 0.25) is 0 Å². The van der Waals surface area contributed by atoms with Gasteiger partial charge in [0.1, 0.15) is 0 Å². The van der Waals surface area contributed by atoms with Crippen LogP contribution in [-0.4, -0.2) is 24.0 Å². The first-order valence-electron chi connectivity index (χ1n) is 6.68. The Balaban J connectivity index is 1.76. The lowest BCUT2D eigenvalue weighted by Gasteiger charge is -2.43. The summed E-state index contributed by atoms with van der Waals surface area (Å²) in [7, 11) is 0. The summed E-state index contributed by atoms with van der Waals surface area (Å²) in [6.45, 7) is 7.04. The third-order valence-corrected chi connectivity index (χ3v) is 5.83. The number of hydrogen-bond acceptors (Lipinski definition) is 3. The molecule has 3 rings (SSSR count). The molecule has 0 saturated carbocycles. The quantitative estimate of drug-likeness (QED) is 0.830. The topological polar surface area (TPSA) is 29.3 Å². The zero-order valence-corrected chi connectivity index (χ0v) is 11.6. The number of rotatable bonds is 1. The maximum absolute atomic E-state index is 6.51. The van der Waals surface area contributed by atoms with Crippen LogP contribution in [0, 0.1) is 5.41 Å². The summed E-state index contributed by atoms with van der Waals surface area (Å²) in [5.74, 6) is 0. The minimum Gasteiger partial charge on any atom is -0.323 e. The van der Waals surface area contributed by atoms with Gasteiger partial charge in [-0.15, -0.1) is 11.3 Å². The predicted octanol–water partition coefficient (Wildman–Crippen LogP) is 2.79. The van der Waals surface area contributed by atoms with Crippen molar-refractivity contribution in [3.63, 3.8) is 0 Å². The lowest BCUT2D eigenvalue weighted by atomic mass is 9.73. The standard InChI is InChI=1S/C14H22N2S/c1-10(2)16-6-4-14(5-7-16)9-11-3-8-17-12(11)13(14)15/h3,8,10,13H,4-7,9,15H2,1-2H3/t13-/m0/s1. The molecular weight excluding hydrogens is 228 g/mol. The van der Waals surface area contributed by atoms with Crippen molar-refractivity contribution in [3.8, 4) is 0 Å². The van der Waals surface area contributed by atoms with Gasteiger partial charge in [-0.3, -0.25) is 0 Å². The van der Waals surface area contributed by atoms with Gasteiger partial charge in [-0.25, -0.2) is 0 Å². The second-order valence-corrected chi connectivity index (χ2v) is 6.90. The Hall–Kier alpha value is -0.380. The molecule has 1 aromatic heterocycles. The smallest absolute Gasteiger partial charge is 0.0453 e. The third-order valence-electron chi connectivity index (χ3n) is 4.79. The highest BCUT2D eigenvalue weighted by Gasteiger charge is 2.46. The van der Waals surface area contributed by atoms with Crippen molar-refractivity contribution in [2.45, 2.75) is 45.2 Å². The Kier molecular flexibility index (Phi) is 2.80. The fraction of sp³-hybridized carbons (Fsp3) is 0.714. The van der Waals surface area contributed by atoms with Crippen LogP contribution >= 0.6 is 11.3 Å². The van der Waals surface area contributed by atoms with Gasteiger partial charge < -0.3 is 10.6 Å². The van der Waals surface area contributed by atoms with Crippen LogP contribution in [0.25, 0.3) is 0 Å². The Bertz CT molecular complexity index is 402. The van der Waals surface area contributed by atoms with Crippen molar-refractivity contribution in [2.24, 2.45) is 11.1 Å². The first-order valence-corrected chi connectivity index (χ1v) is 7.56. The zero-order valence-electron chi connectivity index (χ0n) is 10.8. The van der Waals surface area contributed by atoms with Gasteiger partial charge in [0.25, 0.3) is 0 Å². The fourth-order valence-corrected chi connectivity index (χ4v) is 4.57. The maximum atomic E-state index is 6.51. The largest absolute Gasteiger partial charge is 0.323 e. The van der Waals surface area contributed by atoms with Crippen LogP contribution in [0.1, 0.15) is 43.2 Å². The maximum Gasteiger partial charge on any atom is 0.0453 e. The van der Waals surface area contributed by atoms with Crippen molar-refractivity contribution < 1.29 is 0 Å². The molecule has 2 N–H and O–H groups in total. The first-order chi connectivity index (χ1) is 8.12. The molecule has 3 heteroatoms. The molecule has 2 nitrogen and oxygen atoms in total. The molecule has 17 heavy (non-hydrogen) atoms. The van der Waals surface area contributed by atoms with Crippen molar-refractivity contribution >= 4 is 11.3 Å². The minimum absolute atomic E-state index is 0.298. The van der Waals surface area contributed by atoms with E-state index in [1.807, 2.05) is 11.3 Å². The van der Waals surface area contributed by atoms with Crippen LogP contribution in [0.5, 0.6) is 0 Å². The lowest BCUT2D eigenvalue weighted by Crippen LogP contribution is -2.46. The summed E-state index contributed by atoms with van der Waals surface area (Å²) in [5.41, 5.74) is 8.42. The summed E-state index contributed by atoms with van der Waals surface area (Å²) in [6.07, 6.45) is 3.76. The second-order valence-electron chi connectivity index (χ2n) is 5.96. The van der Waals surface area contributed by atoms with Crippen molar-refractivity contribution in [3.05, 3.63) is 21.9 Å². The monoisotopic (exact) mass is 250 g/mol. The van der Waals surface area contributed by atoms with E-state index in [0.717, 1.165) is 0 Å². The average Bonchev–Trinajstić information content (AvgIpc) is 2.84. The van der Waals surface area contributed by atoms with Crippen LogP contribution in [0.3, 0.4) is 0 Å². The Morgan fingerprint density at radius 3 is 2.71 bits per heavy atom. The molecular formula is C14H22N2S. The Labute approximate surface area is 108 Å². The van der Waals surface area contributed by atoms with Gasteiger partial charge in [-0.2, -0.15) is 0 Å². The second kappa shape index (κ2) is 4.08. The van der Waals surface area contributed by atoms with Crippen LogP contribution in [-0.2, 0) is 6.42 Å². The van der Waals surface area contributed by atoms with E-state index in [9.17, 15) is 0 Å². The van der Waals surface area contributed by atoms with Gasteiger partial charge in [-0.1, -0.05) is 0 Å². The molecule has 1 aliphatic carbocycles. The molecule has 1 spiro atoms. The summed E-state index contributed by atoms with van der Waals surface area (Å²) < 4.78 is 0. The number of piperidine rings is 1. The van der Waals surface area contributed by atoms with Crippen LogP contribution < -0.4 is 5.73 Å². The molecule has 0 amide bonds. The van der Waals surface area contributed by atoms with Crippen LogP contribution in [0.4, 0.5) is 0 Å². The number of fused-ring (bicyclic) bond motifs is 1. The summed E-state index contributed by atoms with van der Waals surface area (Å²) in [5, 5.41) is 2.20.